The second-order valence-corrected chi connectivity index (χ2v) is 25.1. The SMILES string of the molecule is C#Cc1c(F)ccc2cc(O)cc(-c3ncc4c(N5CC6CCC(C5)N6C(=O)C(=C)COC(=O)NC56CC(c7c8c(nc9cc%10c(cc79)OCO%10)-c7cc9c(c(=O)n7C8)COC(=O)C9(O)CC)(C5)C6)nc(OCC56CCCN5CC(F)C6)nc4c3F)c12. The number of anilines is 1. The number of alkyl carbamates (subject to hydrolysis) is 1. The lowest BCUT2D eigenvalue weighted by Gasteiger charge is -2.71. The Hall–Kier alpha value is -9.01. The van der Waals surface area contributed by atoms with E-state index in [0.29, 0.717) is 84.7 Å². The number of hydrogen-bond donors (Lipinski definition) is 3. The van der Waals surface area contributed by atoms with Crippen molar-refractivity contribution < 1.29 is 61.5 Å². The smallest absolute Gasteiger partial charge is 0.407 e. The molecule has 4 bridgehead atoms. The average Bonchev–Trinajstić information content (AvgIpc) is 1.45. The number of terminal acetylenes is 1. The van der Waals surface area contributed by atoms with Gasteiger partial charge in [0.2, 0.25) is 6.79 Å². The monoisotopic (exact) mass is 1180 g/mol. The predicted molar refractivity (Wildman–Crippen MR) is 307 cm³/mol. The lowest BCUT2D eigenvalue weighted by Crippen LogP contribution is -2.77. The lowest BCUT2D eigenvalue weighted by atomic mass is 9.37. The first kappa shape index (κ1) is 53.5. The maximum atomic E-state index is 17.5. The molecule has 5 atom stereocenters. The number of nitrogens with one attached hydrogen (secondary N) is 1. The first-order valence-electron chi connectivity index (χ1n) is 29.3. The zero-order chi connectivity index (χ0) is 59.8. The number of fused-ring (bicyclic) bond motifs is 11. The Kier molecular flexibility index (Phi) is 11.5. The highest BCUT2D eigenvalue weighted by Crippen LogP contribution is 2.70. The van der Waals surface area contributed by atoms with Crippen LogP contribution in [0.15, 0.2) is 65.6 Å². The van der Waals surface area contributed by atoms with Crippen LogP contribution in [0.5, 0.6) is 23.3 Å². The van der Waals surface area contributed by atoms with Crippen molar-refractivity contribution in [2.24, 2.45) is 0 Å². The maximum absolute atomic E-state index is 17.5. The quantitative estimate of drug-likeness (QED) is 0.0659. The zero-order valence-corrected chi connectivity index (χ0v) is 47.1. The summed E-state index contributed by atoms with van der Waals surface area (Å²) in [6, 6.07) is 9.84. The molecule has 0 spiro atoms. The van der Waals surface area contributed by atoms with Crippen molar-refractivity contribution in [2.45, 2.75) is 118 Å². The minimum Gasteiger partial charge on any atom is -0.508 e. The molecule has 0 radical (unpaired) electrons. The Morgan fingerprint density at radius 2 is 1.75 bits per heavy atom. The van der Waals surface area contributed by atoms with Crippen LogP contribution >= 0.6 is 0 Å². The second kappa shape index (κ2) is 18.7. The molecule has 7 aliphatic heterocycles. The molecule has 11 heterocycles. The summed E-state index contributed by atoms with van der Waals surface area (Å²) < 4.78 is 78.1. The average molecular weight is 1180 g/mol. The molecule has 3 aromatic carbocycles. The first-order chi connectivity index (χ1) is 41.9. The molecule has 4 saturated heterocycles. The van der Waals surface area contributed by atoms with Crippen molar-refractivity contribution >= 4 is 56.4 Å². The number of aromatic hydroxyl groups is 1. The summed E-state index contributed by atoms with van der Waals surface area (Å²) in [5, 5.41) is 27.0. The number of ether oxygens (including phenoxy) is 5. The number of cyclic esters (lactones) is 1. The van der Waals surface area contributed by atoms with Gasteiger partial charge in [-0.25, -0.2) is 27.7 Å². The highest BCUT2D eigenvalue weighted by Gasteiger charge is 2.70. The van der Waals surface area contributed by atoms with Crippen LogP contribution in [0.4, 0.5) is 23.8 Å². The highest BCUT2D eigenvalue weighted by molar-refractivity contribution is 6.03. The third-order valence-corrected chi connectivity index (χ3v) is 20.1. The van der Waals surface area contributed by atoms with Gasteiger partial charge in [0.1, 0.15) is 54.6 Å². The number of carbonyl (C=O) groups is 3. The Morgan fingerprint density at radius 3 is 2.52 bits per heavy atom. The molecule has 7 fully saturated rings. The molecule has 3 saturated carbocycles. The number of aromatic nitrogens is 5. The van der Waals surface area contributed by atoms with Gasteiger partial charge < -0.3 is 53.6 Å². The minimum atomic E-state index is -1.99. The van der Waals surface area contributed by atoms with Crippen molar-refractivity contribution in [1.82, 2.24) is 39.6 Å². The van der Waals surface area contributed by atoms with Crippen molar-refractivity contribution in [3.63, 3.8) is 0 Å². The Labute approximate surface area is 493 Å². The van der Waals surface area contributed by atoms with Gasteiger partial charge in [0.05, 0.1) is 57.6 Å². The van der Waals surface area contributed by atoms with Gasteiger partial charge in [0.25, 0.3) is 11.5 Å². The van der Waals surface area contributed by atoms with Gasteiger partial charge in [0, 0.05) is 82.3 Å². The molecule has 3 N–H and O–H groups in total. The van der Waals surface area contributed by atoms with Gasteiger partial charge in [0.15, 0.2) is 22.9 Å². The summed E-state index contributed by atoms with van der Waals surface area (Å²) in [4.78, 5) is 80.2. The lowest BCUT2D eigenvalue weighted by molar-refractivity contribution is -0.172. The van der Waals surface area contributed by atoms with E-state index in [0.717, 1.165) is 29.5 Å². The number of phenolic OH excluding ortho intramolecular Hbond substituents is 1. The van der Waals surface area contributed by atoms with Gasteiger partial charge in [-0.15, -0.1) is 6.42 Å². The number of nitrogens with zero attached hydrogens (tertiary/aromatic N) is 8. The number of esters is 1. The van der Waals surface area contributed by atoms with E-state index in [2.05, 4.69) is 32.7 Å². The fourth-order valence-electron chi connectivity index (χ4n) is 16.2. The van der Waals surface area contributed by atoms with E-state index in [-0.39, 0.29) is 144 Å². The third kappa shape index (κ3) is 7.77. The van der Waals surface area contributed by atoms with E-state index in [1.807, 2.05) is 17.0 Å². The summed E-state index contributed by atoms with van der Waals surface area (Å²) in [6.45, 7) is 6.94. The molecule has 3 aliphatic carbocycles. The summed E-state index contributed by atoms with van der Waals surface area (Å²) in [5.74, 6) is 0.730. The van der Waals surface area contributed by atoms with Gasteiger partial charge in [-0.3, -0.25) is 19.5 Å². The largest absolute Gasteiger partial charge is 0.508 e. The van der Waals surface area contributed by atoms with Crippen LogP contribution in [0.2, 0.25) is 0 Å². The molecule has 23 heteroatoms. The van der Waals surface area contributed by atoms with E-state index < -0.39 is 52.0 Å². The van der Waals surface area contributed by atoms with Gasteiger partial charge in [-0.2, -0.15) is 9.97 Å². The summed E-state index contributed by atoms with van der Waals surface area (Å²) >= 11 is 0. The van der Waals surface area contributed by atoms with Crippen molar-refractivity contribution in [3.8, 4) is 58.2 Å². The Bertz CT molecular complexity index is 4380. The number of benzene rings is 3. The van der Waals surface area contributed by atoms with Crippen molar-refractivity contribution in [1.29, 1.82) is 0 Å². The van der Waals surface area contributed by atoms with Crippen LogP contribution in [0.25, 0.3) is 55.2 Å². The number of pyridine rings is 3. The molecular weight excluding hydrogens is 1130 g/mol. The molecule has 87 heavy (non-hydrogen) atoms. The molecule has 7 aromatic rings. The fraction of sp³-hybridized carbons (Fsp3) is 0.406. The second-order valence-electron chi connectivity index (χ2n) is 25.1. The Morgan fingerprint density at radius 1 is 0.966 bits per heavy atom. The maximum Gasteiger partial charge on any atom is 0.407 e. The van der Waals surface area contributed by atoms with E-state index in [1.165, 1.54) is 30.5 Å². The Balaban J connectivity index is 0.629. The first-order valence-corrected chi connectivity index (χ1v) is 29.3. The number of carbonyl (C=O) groups excluding carboxylic acids is 3. The van der Waals surface area contributed by atoms with Crippen LogP contribution in [0.3, 0.4) is 0 Å². The molecule has 20 nitrogen and oxygen atoms in total. The molecule has 4 aromatic heterocycles. The number of hydrogen-bond acceptors (Lipinski definition) is 17. The number of phenols is 1. The van der Waals surface area contributed by atoms with Crippen LogP contribution in [-0.2, 0) is 43.2 Å². The molecular formula is C64H56F3N9O11. The standard InChI is InChI=1S/C64H56F3N9O11/c1-4-37-44(66)10-7-32-13-36(77)14-39(49(32)37)53-51(67)54-40(19-68-53)55(71-59(70-54)85-29-63-11-6-12-74(63)20-33(65)18-63)73-21-34-8-9-35(22-73)76(34)56(78)31(3)24-84-60(81)72-62-26-61(27-62,28-62)50-38-15-47-48(87-30-86-47)17-45(38)69-52-41(50)23-75-46(52)16-43-42(57(75)79)25-83-58(80)64(43,82)5-2/h1,7,10,13-17,19,33-35,77,82H,3,5-6,8-9,11-12,18,20-30H2,2H3,(H,72,81). The molecule has 2 amide bonds. The van der Waals surface area contributed by atoms with E-state index in [9.17, 15) is 33.8 Å². The molecule has 5 unspecified atom stereocenters. The van der Waals surface area contributed by atoms with Crippen LogP contribution in [0, 0.1) is 24.0 Å². The van der Waals surface area contributed by atoms with Crippen LogP contribution < -0.4 is 30.0 Å². The minimum absolute atomic E-state index is 0.00396. The van der Waals surface area contributed by atoms with E-state index >= 15 is 8.78 Å². The number of halogens is 3. The van der Waals surface area contributed by atoms with Crippen molar-refractivity contribution in [2.75, 3.05) is 51.1 Å². The van der Waals surface area contributed by atoms with Gasteiger partial charge >= 0.3 is 18.1 Å². The number of amides is 2. The fourth-order valence-corrected chi connectivity index (χ4v) is 16.2. The number of rotatable bonds is 11. The molecule has 444 valence electrons. The van der Waals surface area contributed by atoms with E-state index in [4.69, 9.17) is 40.1 Å². The van der Waals surface area contributed by atoms with Crippen molar-refractivity contribution in [3.05, 3.63) is 111 Å². The number of aliphatic hydroxyl groups is 1. The topological polar surface area (TPSA) is 233 Å². The molecule has 10 aliphatic rings. The van der Waals surface area contributed by atoms with E-state index in [1.54, 1.807) is 22.5 Å². The normalized spacial score (nSPS) is 26.9. The van der Waals surface area contributed by atoms with Gasteiger partial charge in [-0.1, -0.05) is 25.5 Å². The van der Waals surface area contributed by atoms with Crippen LogP contribution in [-0.4, -0.2) is 138 Å². The van der Waals surface area contributed by atoms with Gasteiger partial charge in [-0.05, 0) is 99.2 Å². The van der Waals surface area contributed by atoms with Crippen LogP contribution in [0.1, 0.15) is 92.5 Å². The summed E-state index contributed by atoms with van der Waals surface area (Å²) in [7, 11) is 0. The highest BCUT2D eigenvalue weighted by atomic mass is 19.1. The number of alkyl halides is 1. The third-order valence-electron chi connectivity index (χ3n) is 20.1. The predicted octanol–water partition coefficient (Wildman–Crippen LogP) is 7.22. The molecule has 17 rings (SSSR count). The number of piperazine rings is 1. The summed E-state index contributed by atoms with van der Waals surface area (Å²) in [5.41, 5.74) is -0.543. The summed E-state index contributed by atoms with van der Waals surface area (Å²) in [6.07, 6.45) is 10.2. The zero-order valence-electron chi connectivity index (χ0n) is 47.1.